The highest BCUT2D eigenvalue weighted by Gasteiger charge is 2.20. The highest BCUT2D eigenvalue weighted by atomic mass is 32.1. The maximum Gasteiger partial charge on any atom is 0.146 e. The third-order valence-electron chi connectivity index (χ3n) is 2.80. The quantitative estimate of drug-likeness (QED) is 0.660. The second-order valence-corrected chi connectivity index (χ2v) is 6.35. The van der Waals surface area contributed by atoms with Gasteiger partial charge in [-0.1, -0.05) is 20.8 Å². The van der Waals surface area contributed by atoms with Crippen LogP contribution in [-0.2, 0) is 11.8 Å². The van der Waals surface area contributed by atoms with Crippen LogP contribution in [0.4, 0.5) is 0 Å². The van der Waals surface area contributed by atoms with Crippen molar-refractivity contribution in [2.24, 2.45) is 5.84 Å². The Balaban J connectivity index is 2.13. The van der Waals surface area contributed by atoms with Gasteiger partial charge in [0.05, 0.1) is 16.7 Å². The van der Waals surface area contributed by atoms with Crippen LogP contribution >= 0.6 is 11.3 Å². The average Bonchev–Trinajstić information content (AvgIpc) is 2.85. The highest BCUT2D eigenvalue weighted by Crippen LogP contribution is 2.25. The number of hydrazine groups is 1. The van der Waals surface area contributed by atoms with E-state index in [1.165, 1.54) is 0 Å². The van der Waals surface area contributed by atoms with Gasteiger partial charge in [0.25, 0.3) is 0 Å². The van der Waals surface area contributed by atoms with Crippen molar-refractivity contribution in [2.45, 2.75) is 38.6 Å². The Morgan fingerprint density at radius 1 is 1.32 bits per heavy atom. The molecule has 0 bridgehead atoms. The first-order chi connectivity index (χ1) is 9.00. The molecule has 0 aromatic carbocycles. The van der Waals surface area contributed by atoms with Gasteiger partial charge in [-0.3, -0.25) is 5.84 Å². The van der Waals surface area contributed by atoms with Gasteiger partial charge in [-0.25, -0.2) is 20.4 Å². The number of aromatic nitrogens is 3. The fraction of sp³-hybridized carbons (Fsp3) is 0.462. The Bertz CT molecular complexity index is 517. The summed E-state index contributed by atoms with van der Waals surface area (Å²) in [5.74, 6) is 6.28. The zero-order chi connectivity index (χ0) is 13.9. The molecule has 0 spiro atoms. The van der Waals surface area contributed by atoms with Crippen LogP contribution in [0, 0.1) is 0 Å². The number of thiazole rings is 1. The van der Waals surface area contributed by atoms with Crippen molar-refractivity contribution in [3.63, 3.8) is 0 Å². The topological polar surface area (TPSA) is 76.7 Å². The molecule has 0 aliphatic carbocycles. The fourth-order valence-corrected chi connectivity index (χ4v) is 2.71. The largest absolute Gasteiger partial charge is 0.271 e. The lowest BCUT2D eigenvalue weighted by molar-refractivity contribution is 0.517. The second-order valence-electron chi connectivity index (χ2n) is 5.41. The van der Waals surface area contributed by atoms with E-state index in [2.05, 4.69) is 46.5 Å². The SMILES string of the molecule is CC(C)(C)c1csc(CC(NN)c2ncccn2)n1. The second kappa shape index (κ2) is 5.73. The van der Waals surface area contributed by atoms with Crippen LogP contribution in [0.2, 0.25) is 0 Å². The Labute approximate surface area is 117 Å². The van der Waals surface area contributed by atoms with Crippen LogP contribution in [0.5, 0.6) is 0 Å². The van der Waals surface area contributed by atoms with E-state index in [-0.39, 0.29) is 11.5 Å². The first kappa shape index (κ1) is 14.0. The van der Waals surface area contributed by atoms with Gasteiger partial charge in [-0.15, -0.1) is 11.3 Å². The van der Waals surface area contributed by atoms with E-state index in [9.17, 15) is 0 Å². The molecule has 1 atom stereocenters. The average molecular weight is 277 g/mol. The summed E-state index contributed by atoms with van der Waals surface area (Å²) in [5.41, 5.74) is 3.94. The maximum atomic E-state index is 5.59. The van der Waals surface area contributed by atoms with E-state index in [0.717, 1.165) is 10.7 Å². The highest BCUT2D eigenvalue weighted by molar-refractivity contribution is 7.09. The summed E-state index contributed by atoms with van der Waals surface area (Å²) in [4.78, 5) is 13.1. The molecule has 0 fully saturated rings. The lowest BCUT2D eigenvalue weighted by Crippen LogP contribution is -2.31. The van der Waals surface area contributed by atoms with E-state index in [0.29, 0.717) is 12.2 Å². The minimum Gasteiger partial charge on any atom is -0.271 e. The van der Waals surface area contributed by atoms with Crippen molar-refractivity contribution in [1.29, 1.82) is 0 Å². The van der Waals surface area contributed by atoms with Gasteiger partial charge < -0.3 is 0 Å². The molecule has 6 heteroatoms. The minimum absolute atomic E-state index is 0.0731. The number of rotatable bonds is 4. The van der Waals surface area contributed by atoms with Crippen molar-refractivity contribution in [3.8, 4) is 0 Å². The molecule has 102 valence electrons. The molecule has 2 rings (SSSR count). The number of hydrogen-bond donors (Lipinski definition) is 2. The maximum absolute atomic E-state index is 5.59. The van der Waals surface area contributed by atoms with E-state index in [1.807, 2.05) is 0 Å². The molecule has 0 saturated carbocycles. The predicted molar refractivity (Wildman–Crippen MR) is 76.6 cm³/mol. The fourth-order valence-electron chi connectivity index (χ4n) is 1.64. The zero-order valence-corrected chi connectivity index (χ0v) is 12.2. The van der Waals surface area contributed by atoms with Gasteiger partial charge in [0, 0.05) is 29.6 Å². The van der Waals surface area contributed by atoms with Crippen LogP contribution in [0.1, 0.15) is 43.3 Å². The number of hydrogen-bond acceptors (Lipinski definition) is 6. The lowest BCUT2D eigenvalue weighted by atomic mass is 9.93. The van der Waals surface area contributed by atoms with Crippen molar-refractivity contribution in [3.05, 3.63) is 40.4 Å². The Kier molecular flexibility index (Phi) is 4.24. The molecule has 2 aromatic heterocycles. The summed E-state index contributed by atoms with van der Waals surface area (Å²) in [6.07, 6.45) is 4.13. The van der Waals surface area contributed by atoms with Crippen molar-refractivity contribution < 1.29 is 0 Å². The summed E-state index contributed by atoms with van der Waals surface area (Å²) in [6.45, 7) is 6.47. The molecule has 0 aliphatic heterocycles. The van der Waals surface area contributed by atoms with Crippen LogP contribution in [0.15, 0.2) is 23.8 Å². The molecule has 2 heterocycles. The molecule has 2 aromatic rings. The molecule has 1 unspecified atom stereocenters. The molecule has 0 amide bonds. The van der Waals surface area contributed by atoms with E-state index in [1.54, 1.807) is 29.8 Å². The van der Waals surface area contributed by atoms with Crippen LogP contribution in [0.25, 0.3) is 0 Å². The minimum atomic E-state index is -0.111. The monoisotopic (exact) mass is 277 g/mol. The first-order valence-corrected chi connectivity index (χ1v) is 7.06. The Morgan fingerprint density at radius 2 is 2.00 bits per heavy atom. The van der Waals surface area contributed by atoms with Gasteiger partial charge in [0.1, 0.15) is 5.82 Å². The number of nitrogens with one attached hydrogen (secondary N) is 1. The third kappa shape index (κ3) is 3.56. The summed E-state index contributed by atoms with van der Waals surface area (Å²) in [5, 5.41) is 3.15. The van der Waals surface area contributed by atoms with Crippen LogP contribution in [-0.4, -0.2) is 15.0 Å². The summed E-state index contributed by atoms with van der Waals surface area (Å²) < 4.78 is 0. The van der Waals surface area contributed by atoms with E-state index in [4.69, 9.17) is 5.84 Å². The number of nitrogens with zero attached hydrogens (tertiary/aromatic N) is 3. The molecule has 19 heavy (non-hydrogen) atoms. The van der Waals surface area contributed by atoms with Crippen molar-refractivity contribution in [2.75, 3.05) is 0 Å². The molecular weight excluding hydrogens is 258 g/mol. The van der Waals surface area contributed by atoms with Crippen LogP contribution in [0.3, 0.4) is 0 Å². The number of nitrogens with two attached hydrogens (primary N) is 1. The van der Waals surface area contributed by atoms with Gasteiger partial charge in [-0.2, -0.15) is 0 Å². The van der Waals surface area contributed by atoms with Crippen molar-refractivity contribution in [1.82, 2.24) is 20.4 Å². The predicted octanol–water partition coefficient (Wildman–Crippen LogP) is 1.98. The third-order valence-corrected chi connectivity index (χ3v) is 3.67. The molecule has 0 saturated heterocycles. The normalized spacial score (nSPS) is 13.5. The van der Waals surface area contributed by atoms with Gasteiger partial charge in [-0.05, 0) is 6.07 Å². The Morgan fingerprint density at radius 3 is 2.53 bits per heavy atom. The summed E-state index contributed by atoms with van der Waals surface area (Å²) in [6, 6.07) is 1.68. The summed E-state index contributed by atoms with van der Waals surface area (Å²) in [7, 11) is 0. The van der Waals surface area contributed by atoms with Crippen LogP contribution < -0.4 is 11.3 Å². The molecule has 5 nitrogen and oxygen atoms in total. The standard InChI is InChI=1S/C13H19N5S/c1-13(2,3)10-8-19-11(17-10)7-9(18-14)12-15-5-4-6-16-12/h4-6,8-9,18H,7,14H2,1-3H3. The van der Waals surface area contributed by atoms with E-state index >= 15 is 0 Å². The van der Waals surface area contributed by atoms with E-state index < -0.39 is 0 Å². The Hall–Kier alpha value is -1.37. The lowest BCUT2D eigenvalue weighted by Gasteiger charge is -2.15. The first-order valence-electron chi connectivity index (χ1n) is 6.18. The molecule has 0 radical (unpaired) electrons. The zero-order valence-electron chi connectivity index (χ0n) is 11.4. The summed E-state index contributed by atoms with van der Waals surface area (Å²) >= 11 is 1.65. The molecule has 3 N–H and O–H groups in total. The molecular formula is C13H19N5S. The smallest absolute Gasteiger partial charge is 0.146 e. The van der Waals surface area contributed by atoms with Gasteiger partial charge in [0.2, 0.25) is 0 Å². The van der Waals surface area contributed by atoms with Gasteiger partial charge >= 0.3 is 0 Å². The van der Waals surface area contributed by atoms with Gasteiger partial charge in [0.15, 0.2) is 0 Å². The van der Waals surface area contributed by atoms with Crippen molar-refractivity contribution >= 4 is 11.3 Å². The molecule has 0 aliphatic rings.